The fraction of sp³-hybridized carbons (Fsp3) is 0.357. The molecule has 0 bridgehead atoms. The minimum atomic E-state index is -1.43. The molecule has 8 rings (SSSR count). The number of amides is 3. The molecule has 308 valence electrons. The molecule has 4 aliphatic heterocycles. The van der Waals surface area contributed by atoms with Gasteiger partial charge in [-0.05, 0) is 79.9 Å². The average Bonchev–Trinajstić information content (AvgIpc) is 3.72. The Hall–Kier alpha value is -4.18. The minimum Gasteiger partial charge on any atom is -0.494 e. The van der Waals surface area contributed by atoms with Crippen LogP contribution in [0, 0.1) is 23.1 Å². The SMILES string of the molecule is Brc1ccc(CN2CCSCC2)nc1.COc1ccc2c(c1F)C(=O)N(C[C@@]1(C#Cc3ccc(CN4CCSCC4)nc3)CC(=O)NC1=O)C2.O=Cc1ccc(Br)cn1. The third-order valence-electron chi connectivity index (χ3n) is 9.79. The Kier molecular flexibility index (Phi) is 16.1. The molecule has 1 aromatic carbocycles. The van der Waals surface area contributed by atoms with Crippen molar-refractivity contribution >= 4 is 79.4 Å². The van der Waals surface area contributed by atoms with E-state index < -0.39 is 29.0 Å². The predicted molar refractivity (Wildman–Crippen MR) is 233 cm³/mol. The van der Waals surface area contributed by atoms with Gasteiger partial charge in [0.25, 0.3) is 5.91 Å². The zero-order valence-corrected chi connectivity index (χ0v) is 37.1. The molecule has 0 saturated carbocycles. The third-order valence-corrected chi connectivity index (χ3v) is 12.6. The van der Waals surface area contributed by atoms with Gasteiger partial charge in [0.05, 0.1) is 30.5 Å². The van der Waals surface area contributed by atoms with E-state index in [9.17, 15) is 23.6 Å². The summed E-state index contributed by atoms with van der Waals surface area (Å²) in [5, 5.41) is 2.30. The number of ether oxygens (including phenoxy) is 1. The zero-order chi connectivity index (χ0) is 41.8. The highest BCUT2D eigenvalue weighted by atomic mass is 79.9. The number of hydrogen-bond acceptors (Lipinski definition) is 12. The number of imide groups is 1. The molecule has 4 aromatic rings. The number of pyridine rings is 3. The van der Waals surface area contributed by atoms with Crippen LogP contribution >= 0.6 is 55.4 Å². The van der Waals surface area contributed by atoms with Gasteiger partial charge in [-0.1, -0.05) is 17.9 Å². The number of aldehydes is 1. The molecule has 0 spiro atoms. The van der Waals surface area contributed by atoms with Crippen molar-refractivity contribution < 1.29 is 28.3 Å². The molecule has 3 saturated heterocycles. The maximum Gasteiger partial charge on any atom is 0.257 e. The Morgan fingerprint density at radius 3 is 1.97 bits per heavy atom. The van der Waals surface area contributed by atoms with Gasteiger partial charge < -0.3 is 9.64 Å². The monoisotopic (exact) mass is 965 g/mol. The zero-order valence-electron chi connectivity index (χ0n) is 32.3. The van der Waals surface area contributed by atoms with E-state index in [-0.39, 0.29) is 30.8 Å². The van der Waals surface area contributed by atoms with Crippen LogP contribution in [0.15, 0.2) is 76.1 Å². The van der Waals surface area contributed by atoms with Crippen LogP contribution in [0.5, 0.6) is 5.75 Å². The van der Waals surface area contributed by atoms with Crippen LogP contribution in [-0.2, 0) is 29.2 Å². The Balaban J connectivity index is 0.000000206. The number of rotatable bonds is 8. The first-order chi connectivity index (χ1) is 28.6. The maximum atomic E-state index is 14.8. The Morgan fingerprint density at radius 2 is 1.46 bits per heavy atom. The van der Waals surface area contributed by atoms with E-state index in [0.717, 1.165) is 52.3 Å². The molecule has 4 aliphatic rings. The van der Waals surface area contributed by atoms with Gasteiger partial charge in [-0.25, -0.2) is 4.39 Å². The van der Waals surface area contributed by atoms with Crippen LogP contribution in [0.2, 0.25) is 0 Å². The molecule has 0 unspecified atom stereocenters. The van der Waals surface area contributed by atoms with Gasteiger partial charge in [0.15, 0.2) is 17.9 Å². The molecule has 17 heteroatoms. The average molecular weight is 968 g/mol. The van der Waals surface area contributed by atoms with Crippen molar-refractivity contribution in [3.05, 3.63) is 116 Å². The summed E-state index contributed by atoms with van der Waals surface area (Å²) in [6, 6.07) is 14.4. The van der Waals surface area contributed by atoms with Gasteiger partial charge in [0, 0.05) is 108 Å². The van der Waals surface area contributed by atoms with Crippen molar-refractivity contribution in [3.63, 3.8) is 0 Å². The highest BCUT2D eigenvalue weighted by molar-refractivity contribution is 9.10. The number of benzene rings is 1. The molecule has 3 fully saturated rings. The molecular weight excluding hydrogens is 925 g/mol. The number of carbonyl (C=O) groups is 4. The van der Waals surface area contributed by atoms with Crippen molar-refractivity contribution in [2.75, 3.05) is 62.8 Å². The first kappa shape index (κ1) is 44.4. The highest BCUT2D eigenvalue weighted by Crippen LogP contribution is 2.35. The summed E-state index contributed by atoms with van der Waals surface area (Å²) in [4.78, 5) is 66.9. The van der Waals surface area contributed by atoms with Crippen molar-refractivity contribution in [1.29, 1.82) is 0 Å². The molecule has 7 heterocycles. The lowest BCUT2D eigenvalue weighted by atomic mass is 9.85. The summed E-state index contributed by atoms with van der Waals surface area (Å²) in [5.74, 6) is 8.36. The number of aromatic nitrogens is 3. The summed E-state index contributed by atoms with van der Waals surface area (Å²) in [6.45, 7) is 6.22. The van der Waals surface area contributed by atoms with E-state index >= 15 is 0 Å². The van der Waals surface area contributed by atoms with Gasteiger partial charge in [-0.3, -0.25) is 49.2 Å². The quantitative estimate of drug-likeness (QED) is 0.129. The Morgan fingerprint density at radius 1 is 0.847 bits per heavy atom. The molecule has 3 amide bonds. The van der Waals surface area contributed by atoms with Gasteiger partial charge >= 0.3 is 0 Å². The molecule has 1 atom stereocenters. The number of nitrogens with zero attached hydrogens (tertiary/aromatic N) is 6. The van der Waals surface area contributed by atoms with Gasteiger partial charge in [-0.15, -0.1) is 0 Å². The summed E-state index contributed by atoms with van der Waals surface area (Å²) in [7, 11) is 1.33. The molecule has 0 radical (unpaired) electrons. The first-order valence-electron chi connectivity index (χ1n) is 18.8. The number of thioether (sulfide) groups is 2. The van der Waals surface area contributed by atoms with Crippen LogP contribution in [0.3, 0.4) is 0 Å². The number of nitrogens with one attached hydrogen (secondary N) is 1. The van der Waals surface area contributed by atoms with Crippen LogP contribution in [-0.4, -0.2) is 117 Å². The summed E-state index contributed by atoms with van der Waals surface area (Å²) in [6.07, 6.45) is 5.65. The molecule has 1 N–H and O–H groups in total. The molecule has 12 nitrogen and oxygen atoms in total. The normalized spacial score (nSPS) is 19.0. The topological polar surface area (TPSA) is 138 Å². The minimum absolute atomic E-state index is 0.0256. The Bertz CT molecular complexity index is 2180. The molecular formula is C42H42Br2FN7O5S2. The van der Waals surface area contributed by atoms with Crippen LogP contribution in [0.4, 0.5) is 4.39 Å². The number of hydrogen-bond donors (Lipinski definition) is 1. The molecule has 3 aromatic heterocycles. The predicted octanol–water partition coefficient (Wildman–Crippen LogP) is 5.87. The maximum absolute atomic E-state index is 14.8. The lowest BCUT2D eigenvalue weighted by Gasteiger charge is -2.26. The lowest BCUT2D eigenvalue weighted by molar-refractivity contribution is -0.127. The van der Waals surface area contributed by atoms with Crippen LogP contribution < -0.4 is 10.1 Å². The summed E-state index contributed by atoms with van der Waals surface area (Å²) < 4.78 is 21.7. The standard InChI is InChI=1S/C26H25FN4O4S.C10H13BrN2S.C6H4BrNO/c1-35-20-5-3-18-14-31(24(33)22(18)23(20)27)16-26(12-21(32)29-25(26)34)7-6-17-2-4-19(28-13-17)15-30-8-10-36-11-9-30;11-9-1-2-10(12-7-9)8-13-3-5-14-6-4-13;7-5-1-2-6(4-9)8-3-5/h2-5,13H,8-12,14-16H2,1H3,(H,29,32,34);1-2,7H,3-6,8H2;1-4H/t26-;;/m1../s1. The Labute approximate surface area is 368 Å². The smallest absolute Gasteiger partial charge is 0.257 e. The fourth-order valence-electron chi connectivity index (χ4n) is 6.64. The second-order valence-electron chi connectivity index (χ2n) is 14.0. The van der Waals surface area contributed by atoms with Crippen molar-refractivity contribution in [2.45, 2.75) is 26.1 Å². The van der Waals surface area contributed by atoms with Gasteiger partial charge in [-0.2, -0.15) is 23.5 Å². The van der Waals surface area contributed by atoms with E-state index in [4.69, 9.17) is 4.74 Å². The van der Waals surface area contributed by atoms with Crippen molar-refractivity contribution in [1.82, 2.24) is 35.0 Å². The lowest BCUT2D eigenvalue weighted by Crippen LogP contribution is -2.42. The summed E-state index contributed by atoms with van der Waals surface area (Å²) in [5.41, 5.74) is 2.16. The largest absolute Gasteiger partial charge is 0.494 e. The van der Waals surface area contributed by atoms with E-state index in [1.165, 1.54) is 48.4 Å². The van der Waals surface area contributed by atoms with Gasteiger partial charge in [0.2, 0.25) is 11.8 Å². The number of fused-ring (bicyclic) bond motifs is 1. The van der Waals surface area contributed by atoms with E-state index in [0.29, 0.717) is 23.1 Å². The highest BCUT2D eigenvalue weighted by Gasteiger charge is 2.49. The van der Waals surface area contributed by atoms with Crippen LogP contribution in [0.1, 0.15) is 49.8 Å². The first-order valence-corrected chi connectivity index (χ1v) is 22.7. The molecule has 0 aliphatic carbocycles. The van der Waals surface area contributed by atoms with E-state index in [2.05, 4.69) is 85.9 Å². The van der Waals surface area contributed by atoms with E-state index in [1.54, 1.807) is 30.6 Å². The fourth-order valence-corrected chi connectivity index (χ4v) is 9.06. The number of carbonyl (C=O) groups excluding carboxylic acids is 4. The second kappa shape index (κ2) is 21.4. The van der Waals surface area contributed by atoms with Crippen LogP contribution in [0.25, 0.3) is 0 Å². The van der Waals surface area contributed by atoms with Crippen molar-refractivity contribution in [3.8, 4) is 17.6 Å². The van der Waals surface area contributed by atoms with Crippen molar-refractivity contribution in [2.24, 2.45) is 5.41 Å². The number of halogens is 3. The number of methoxy groups -OCH3 is 1. The molecule has 59 heavy (non-hydrogen) atoms. The van der Waals surface area contributed by atoms with Gasteiger partial charge in [0.1, 0.15) is 11.1 Å². The van der Waals surface area contributed by atoms with E-state index in [1.807, 2.05) is 41.9 Å². The second-order valence-corrected chi connectivity index (χ2v) is 18.2. The third kappa shape index (κ3) is 12.2. The summed E-state index contributed by atoms with van der Waals surface area (Å²) >= 11 is 10.6.